The van der Waals surface area contributed by atoms with E-state index in [1.807, 2.05) is 0 Å². The first-order chi connectivity index (χ1) is 9.01. The Hall–Kier alpha value is -1.75. The predicted molar refractivity (Wildman–Crippen MR) is 69.7 cm³/mol. The molecule has 1 N–H and O–H groups in total. The van der Waals surface area contributed by atoms with E-state index in [1.165, 1.54) is 7.11 Å². The summed E-state index contributed by atoms with van der Waals surface area (Å²) >= 11 is 5.88. The Morgan fingerprint density at radius 2 is 2.16 bits per heavy atom. The highest BCUT2D eigenvalue weighted by molar-refractivity contribution is 6.31. The number of nitrogens with zero attached hydrogens (tertiary/aromatic N) is 1. The summed E-state index contributed by atoms with van der Waals surface area (Å²) in [6, 6.07) is 4.86. The minimum absolute atomic E-state index is 0.0339. The van der Waals surface area contributed by atoms with Crippen LogP contribution in [0.2, 0.25) is 5.02 Å². The van der Waals surface area contributed by atoms with Crippen molar-refractivity contribution in [3.05, 3.63) is 28.8 Å². The van der Waals surface area contributed by atoms with Gasteiger partial charge in [0, 0.05) is 24.0 Å². The van der Waals surface area contributed by atoms with E-state index in [2.05, 4.69) is 0 Å². The number of hydrogen-bond acceptors (Lipinski definition) is 3. The van der Waals surface area contributed by atoms with E-state index in [1.54, 1.807) is 23.1 Å². The van der Waals surface area contributed by atoms with Gasteiger partial charge in [-0.25, -0.2) is 0 Å². The van der Waals surface area contributed by atoms with Gasteiger partial charge >= 0.3 is 5.97 Å². The van der Waals surface area contributed by atoms with Gasteiger partial charge in [-0.1, -0.05) is 11.6 Å². The van der Waals surface area contributed by atoms with Gasteiger partial charge in [0.2, 0.25) is 0 Å². The molecular weight excluding hydrogens is 270 g/mol. The molecule has 5 nitrogen and oxygen atoms in total. The number of aliphatic carboxylic acids is 1. The van der Waals surface area contributed by atoms with Gasteiger partial charge in [-0.2, -0.15) is 0 Å². The summed E-state index contributed by atoms with van der Waals surface area (Å²) in [4.78, 5) is 24.4. The van der Waals surface area contributed by atoms with Crippen LogP contribution in [0.25, 0.3) is 0 Å². The number of carboxylic acids is 1. The summed E-state index contributed by atoms with van der Waals surface area (Å²) in [6.07, 6.45) is 0.0937. The highest BCUT2D eigenvalue weighted by Gasteiger charge is 2.33. The van der Waals surface area contributed by atoms with Crippen molar-refractivity contribution in [1.82, 2.24) is 4.90 Å². The van der Waals surface area contributed by atoms with Crippen LogP contribution in [0.5, 0.6) is 5.75 Å². The molecule has 6 heteroatoms. The summed E-state index contributed by atoms with van der Waals surface area (Å²) in [5, 5.41) is 9.13. The van der Waals surface area contributed by atoms with Gasteiger partial charge in [0.25, 0.3) is 5.91 Å². The molecule has 0 bridgehead atoms. The largest absolute Gasteiger partial charge is 0.496 e. The highest BCUT2D eigenvalue weighted by Crippen LogP contribution is 2.27. The molecule has 1 aliphatic heterocycles. The van der Waals surface area contributed by atoms with Crippen molar-refractivity contribution in [1.29, 1.82) is 0 Å². The SMILES string of the molecule is COc1ccc(Cl)cc1C(=O)N1CC(CC(=O)O)C1. The van der Waals surface area contributed by atoms with Crippen LogP contribution in [0, 0.1) is 5.92 Å². The molecule has 1 aliphatic rings. The number of benzene rings is 1. The van der Waals surface area contributed by atoms with Crippen LogP contribution in [0.15, 0.2) is 18.2 Å². The summed E-state index contributed by atoms with van der Waals surface area (Å²) in [5.74, 6) is -0.513. The molecule has 0 radical (unpaired) electrons. The molecule has 0 spiro atoms. The lowest BCUT2D eigenvalue weighted by atomic mass is 9.95. The molecule has 0 aliphatic carbocycles. The third-order valence-corrected chi connectivity index (χ3v) is 3.33. The van der Waals surface area contributed by atoms with Gasteiger partial charge in [-0.3, -0.25) is 9.59 Å². The molecule has 102 valence electrons. The molecule has 19 heavy (non-hydrogen) atoms. The summed E-state index contributed by atoms with van der Waals surface area (Å²) in [7, 11) is 1.49. The van der Waals surface area contributed by atoms with E-state index in [0.717, 1.165) is 0 Å². The van der Waals surface area contributed by atoms with Crippen molar-refractivity contribution < 1.29 is 19.4 Å². The molecule has 1 fully saturated rings. The standard InChI is InChI=1S/C13H14ClNO4/c1-19-11-3-2-9(14)5-10(11)13(18)15-6-8(7-15)4-12(16)17/h2-3,5,8H,4,6-7H2,1H3,(H,16,17). The Kier molecular flexibility index (Phi) is 3.95. The second kappa shape index (κ2) is 5.48. The molecule has 0 atom stereocenters. The number of ether oxygens (including phenoxy) is 1. The first kappa shape index (κ1) is 13.7. The van der Waals surface area contributed by atoms with Crippen molar-refractivity contribution in [2.75, 3.05) is 20.2 Å². The molecule has 1 aromatic rings. The minimum atomic E-state index is -0.836. The van der Waals surface area contributed by atoms with Crippen molar-refractivity contribution in [3.63, 3.8) is 0 Å². The van der Waals surface area contributed by atoms with Crippen LogP contribution >= 0.6 is 11.6 Å². The van der Waals surface area contributed by atoms with Crippen molar-refractivity contribution in [2.45, 2.75) is 6.42 Å². The maximum absolute atomic E-state index is 12.2. The second-order valence-corrected chi connectivity index (χ2v) is 4.96. The molecule has 1 aromatic carbocycles. The zero-order valence-corrected chi connectivity index (χ0v) is 11.2. The van der Waals surface area contributed by atoms with E-state index in [4.69, 9.17) is 21.4 Å². The fraction of sp³-hybridized carbons (Fsp3) is 0.385. The van der Waals surface area contributed by atoms with Gasteiger partial charge in [0.1, 0.15) is 5.75 Å². The minimum Gasteiger partial charge on any atom is -0.496 e. The number of carboxylic acid groups (broad SMARTS) is 1. The average Bonchev–Trinajstić information content (AvgIpc) is 2.32. The Bertz CT molecular complexity index is 511. The van der Waals surface area contributed by atoms with Crippen LogP contribution in [-0.4, -0.2) is 42.1 Å². The number of methoxy groups -OCH3 is 1. The number of halogens is 1. The van der Waals surface area contributed by atoms with Crippen LogP contribution in [0.3, 0.4) is 0 Å². The molecule has 0 unspecified atom stereocenters. The number of likely N-dealkylation sites (tertiary alicyclic amines) is 1. The average molecular weight is 284 g/mol. The molecular formula is C13H14ClNO4. The monoisotopic (exact) mass is 283 g/mol. The fourth-order valence-corrected chi connectivity index (χ4v) is 2.30. The fourth-order valence-electron chi connectivity index (χ4n) is 2.13. The number of rotatable bonds is 4. The van der Waals surface area contributed by atoms with Crippen molar-refractivity contribution in [3.8, 4) is 5.75 Å². The second-order valence-electron chi connectivity index (χ2n) is 4.52. The topological polar surface area (TPSA) is 66.8 Å². The lowest BCUT2D eigenvalue weighted by molar-refractivity contribution is -0.139. The first-order valence-corrected chi connectivity index (χ1v) is 6.23. The van der Waals surface area contributed by atoms with Crippen molar-refractivity contribution in [2.24, 2.45) is 5.92 Å². The van der Waals surface area contributed by atoms with Gasteiger partial charge in [0.05, 0.1) is 19.1 Å². The Balaban J connectivity index is 2.05. The summed E-state index contributed by atoms with van der Waals surface area (Å²) in [6.45, 7) is 0.918. The molecule has 1 amide bonds. The van der Waals surface area contributed by atoms with Crippen molar-refractivity contribution >= 4 is 23.5 Å². The van der Waals surface area contributed by atoms with E-state index >= 15 is 0 Å². The predicted octanol–water partition coefficient (Wildman–Crippen LogP) is 1.90. The maximum Gasteiger partial charge on any atom is 0.303 e. The Morgan fingerprint density at radius 3 is 2.74 bits per heavy atom. The molecule has 0 saturated carbocycles. The molecule has 1 heterocycles. The zero-order chi connectivity index (χ0) is 14.0. The molecule has 2 rings (SSSR count). The van der Waals surface area contributed by atoms with Gasteiger partial charge in [-0.15, -0.1) is 0 Å². The Labute approximate surface area is 115 Å². The van der Waals surface area contributed by atoms with E-state index in [-0.39, 0.29) is 18.2 Å². The normalized spacial score (nSPS) is 14.9. The summed E-state index contributed by atoms with van der Waals surface area (Å²) in [5.41, 5.74) is 0.406. The highest BCUT2D eigenvalue weighted by atomic mass is 35.5. The summed E-state index contributed by atoms with van der Waals surface area (Å²) < 4.78 is 5.13. The van der Waals surface area contributed by atoms with Crippen LogP contribution in [0.4, 0.5) is 0 Å². The number of amides is 1. The van der Waals surface area contributed by atoms with Crippen LogP contribution < -0.4 is 4.74 Å². The Morgan fingerprint density at radius 1 is 1.47 bits per heavy atom. The zero-order valence-electron chi connectivity index (χ0n) is 10.4. The van der Waals surface area contributed by atoms with Crippen LogP contribution in [0.1, 0.15) is 16.8 Å². The molecule has 0 aromatic heterocycles. The third-order valence-electron chi connectivity index (χ3n) is 3.10. The van der Waals surface area contributed by atoms with E-state index in [0.29, 0.717) is 29.4 Å². The number of carbonyl (C=O) groups excluding carboxylic acids is 1. The number of carbonyl (C=O) groups is 2. The van der Waals surface area contributed by atoms with Gasteiger partial charge < -0.3 is 14.7 Å². The van der Waals surface area contributed by atoms with E-state index < -0.39 is 5.97 Å². The van der Waals surface area contributed by atoms with Gasteiger partial charge in [0.15, 0.2) is 0 Å². The van der Waals surface area contributed by atoms with E-state index in [9.17, 15) is 9.59 Å². The lowest BCUT2D eigenvalue weighted by Gasteiger charge is -2.38. The first-order valence-electron chi connectivity index (χ1n) is 5.86. The molecule has 1 saturated heterocycles. The number of hydrogen-bond donors (Lipinski definition) is 1. The maximum atomic E-state index is 12.2. The van der Waals surface area contributed by atoms with Crippen LogP contribution in [-0.2, 0) is 4.79 Å². The lowest BCUT2D eigenvalue weighted by Crippen LogP contribution is -2.50. The quantitative estimate of drug-likeness (QED) is 0.916. The van der Waals surface area contributed by atoms with Gasteiger partial charge in [-0.05, 0) is 18.2 Å². The third kappa shape index (κ3) is 2.98. The smallest absolute Gasteiger partial charge is 0.303 e.